The molecule has 33 heavy (non-hydrogen) atoms. The van der Waals surface area contributed by atoms with E-state index < -0.39 is 0 Å². The summed E-state index contributed by atoms with van der Waals surface area (Å²) in [5, 5.41) is 0. The molecule has 0 fully saturated rings. The molecule has 3 aromatic rings. The molecule has 2 atom stereocenters. The average molecular weight is 456 g/mol. The topological polar surface area (TPSA) is 38.7 Å². The normalized spacial score (nSPS) is 19.7. The summed E-state index contributed by atoms with van der Waals surface area (Å²) < 4.78 is 4.87. The molecule has 0 radical (unpaired) electrons. The fraction of sp³-hybridized carbons (Fsp3) is 0.310. The molecule has 3 nitrogen and oxygen atoms in total. The number of aliphatic imine (C=N–C) groups is 1. The van der Waals surface area contributed by atoms with Crippen molar-refractivity contribution in [3.8, 4) is 0 Å². The number of hydrogen-bond donors (Lipinski definition) is 0. The van der Waals surface area contributed by atoms with E-state index in [4.69, 9.17) is 9.73 Å². The second-order valence-corrected chi connectivity index (χ2v) is 10.5. The number of para-hydroxylation sites is 1. The molecule has 168 valence electrons. The average Bonchev–Trinajstić information content (AvgIpc) is 2.98. The third-order valence-corrected chi connectivity index (χ3v) is 7.87. The lowest BCUT2D eigenvalue weighted by Crippen LogP contribution is -2.14. The molecule has 3 aromatic carbocycles. The van der Waals surface area contributed by atoms with E-state index in [9.17, 15) is 4.79 Å². The maximum atomic E-state index is 11.9. The first-order chi connectivity index (χ1) is 16.0. The van der Waals surface area contributed by atoms with Gasteiger partial charge in [-0.1, -0.05) is 62.7 Å². The zero-order valence-electron chi connectivity index (χ0n) is 19.4. The molecule has 0 N–H and O–H groups in total. The van der Waals surface area contributed by atoms with Gasteiger partial charge in [0.1, 0.15) is 0 Å². The lowest BCUT2D eigenvalue weighted by atomic mass is 9.82. The van der Waals surface area contributed by atoms with Gasteiger partial charge in [-0.25, -0.2) is 9.79 Å². The van der Waals surface area contributed by atoms with Crippen LogP contribution in [0, 0.1) is 11.8 Å². The van der Waals surface area contributed by atoms with Gasteiger partial charge in [-0.2, -0.15) is 0 Å². The van der Waals surface area contributed by atoms with Crippen molar-refractivity contribution >= 4 is 29.1 Å². The minimum atomic E-state index is -0.324. The zero-order chi connectivity index (χ0) is 22.9. The molecule has 1 aliphatic heterocycles. The molecule has 0 saturated heterocycles. The number of esters is 1. The maximum absolute atomic E-state index is 11.9. The van der Waals surface area contributed by atoms with Gasteiger partial charge >= 0.3 is 5.97 Å². The maximum Gasteiger partial charge on any atom is 0.337 e. The molecular formula is C29H29NO2S. The predicted molar refractivity (Wildman–Crippen MR) is 135 cm³/mol. The molecule has 0 amide bonds. The van der Waals surface area contributed by atoms with Gasteiger partial charge in [-0.3, -0.25) is 0 Å². The fourth-order valence-corrected chi connectivity index (χ4v) is 5.95. The number of hydrogen-bond acceptors (Lipinski definition) is 4. The van der Waals surface area contributed by atoms with E-state index >= 15 is 0 Å². The Hall–Kier alpha value is -2.85. The second kappa shape index (κ2) is 9.18. The number of methoxy groups -OCH3 is 1. The van der Waals surface area contributed by atoms with Crippen LogP contribution in [0.3, 0.4) is 0 Å². The van der Waals surface area contributed by atoms with E-state index in [-0.39, 0.29) is 5.97 Å². The van der Waals surface area contributed by atoms with Crippen LogP contribution in [-0.2, 0) is 17.6 Å². The molecule has 2 unspecified atom stereocenters. The van der Waals surface area contributed by atoms with Gasteiger partial charge in [0.05, 0.1) is 24.1 Å². The minimum absolute atomic E-state index is 0.324. The number of ether oxygens (including phenoxy) is 1. The highest BCUT2D eigenvalue weighted by Gasteiger charge is 2.24. The molecule has 0 saturated carbocycles. The lowest BCUT2D eigenvalue weighted by molar-refractivity contribution is 0.0600. The van der Waals surface area contributed by atoms with Crippen LogP contribution >= 0.6 is 11.8 Å². The first-order valence-corrected chi connectivity index (χ1v) is 12.5. The summed E-state index contributed by atoms with van der Waals surface area (Å²) in [4.78, 5) is 19.5. The van der Waals surface area contributed by atoms with Crippen LogP contribution in [0.1, 0.15) is 59.3 Å². The molecule has 1 aliphatic carbocycles. The summed E-state index contributed by atoms with van der Waals surface area (Å²) in [6.45, 7) is 4.75. The van der Waals surface area contributed by atoms with Crippen molar-refractivity contribution in [2.24, 2.45) is 16.8 Å². The van der Waals surface area contributed by atoms with Crippen LogP contribution < -0.4 is 0 Å². The summed E-state index contributed by atoms with van der Waals surface area (Å²) >= 11 is 1.81. The van der Waals surface area contributed by atoms with Gasteiger partial charge in [0.15, 0.2) is 0 Å². The number of fused-ring (bicyclic) bond motifs is 3. The molecule has 2 aliphatic rings. The van der Waals surface area contributed by atoms with Gasteiger partial charge < -0.3 is 4.74 Å². The van der Waals surface area contributed by atoms with E-state index in [0.29, 0.717) is 17.4 Å². The highest BCUT2D eigenvalue weighted by molar-refractivity contribution is 7.99. The molecule has 4 heteroatoms. The Kier molecular flexibility index (Phi) is 6.11. The van der Waals surface area contributed by atoms with E-state index in [1.165, 1.54) is 46.4 Å². The minimum Gasteiger partial charge on any atom is -0.465 e. The number of rotatable bonds is 2. The van der Waals surface area contributed by atoms with Crippen molar-refractivity contribution in [3.63, 3.8) is 0 Å². The predicted octanol–water partition coefficient (Wildman–Crippen LogP) is 7.26. The Morgan fingerprint density at radius 1 is 0.909 bits per heavy atom. The van der Waals surface area contributed by atoms with Crippen molar-refractivity contribution in [2.75, 3.05) is 7.11 Å². The monoisotopic (exact) mass is 455 g/mol. The first-order valence-electron chi connectivity index (χ1n) is 11.7. The van der Waals surface area contributed by atoms with Crippen LogP contribution in [0.4, 0.5) is 5.69 Å². The smallest absolute Gasteiger partial charge is 0.337 e. The molecule has 0 bridgehead atoms. The number of carbonyl (C=O) groups is 1. The third-order valence-electron chi connectivity index (χ3n) is 6.74. The van der Waals surface area contributed by atoms with E-state index in [1.807, 2.05) is 42.1 Å². The number of benzene rings is 3. The Bertz CT molecular complexity index is 1230. The largest absolute Gasteiger partial charge is 0.465 e. The van der Waals surface area contributed by atoms with Crippen LogP contribution in [0.2, 0.25) is 0 Å². The fourth-order valence-electron chi connectivity index (χ4n) is 4.88. The molecule has 1 heterocycles. The summed E-state index contributed by atoms with van der Waals surface area (Å²) in [5.74, 6) is 1.06. The number of carbonyl (C=O) groups excluding carboxylic acids is 1. The van der Waals surface area contributed by atoms with Crippen LogP contribution in [0.15, 0.2) is 75.4 Å². The van der Waals surface area contributed by atoms with Crippen molar-refractivity contribution < 1.29 is 9.53 Å². The number of nitrogens with zero attached hydrogens (tertiary/aromatic N) is 1. The molecule has 0 spiro atoms. The van der Waals surface area contributed by atoms with Gasteiger partial charge in [0.25, 0.3) is 0 Å². The van der Waals surface area contributed by atoms with E-state index in [0.717, 1.165) is 29.8 Å². The van der Waals surface area contributed by atoms with E-state index in [2.05, 4.69) is 44.2 Å². The molecule has 0 aromatic heterocycles. The van der Waals surface area contributed by atoms with Gasteiger partial charge in [-0.05, 0) is 72.2 Å². The van der Waals surface area contributed by atoms with Crippen LogP contribution in [0.25, 0.3) is 0 Å². The second-order valence-electron chi connectivity index (χ2n) is 9.41. The zero-order valence-corrected chi connectivity index (χ0v) is 20.2. The molecular weight excluding hydrogens is 426 g/mol. The highest BCUT2D eigenvalue weighted by atomic mass is 32.2. The van der Waals surface area contributed by atoms with Crippen molar-refractivity contribution in [2.45, 2.75) is 49.3 Å². The van der Waals surface area contributed by atoms with Crippen LogP contribution in [0.5, 0.6) is 0 Å². The lowest BCUT2D eigenvalue weighted by Gasteiger charge is -2.24. The van der Waals surface area contributed by atoms with Crippen molar-refractivity contribution in [1.82, 2.24) is 0 Å². The summed E-state index contributed by atoms with van der Waals surface area (Å²) in [5.41, 5.74) is 7.63. The Balaban J connectivity index is 1.67. The van der Waals surface area contributed by atoms with Gasteiger partial charge in [0, 0.05) is 20.9 Å². The SMILES string of the molecule is COC(=O)c1ccc(C2=Nc3ccccc3Sc3cc4c(cc32)CC(C)CCC(C)C4)cc1. The van der Waals surface area contributed by atoms with Gasteiger partial charge in [-0.15, -0.1) is 0 Å². The molecule has 5 rings (SSSR count). The third kappa shape index (κ3) is 4.49. The van der Waals surface area contributed by atoms with Gasteiger partial charge in [0.2, 0.25) is 0 Å². The standard InChI is InChI=1S/C29H29NO2S/c1-18-8-9-19(2)15-23-17-27-24(16-22(23)14-18)28(30-25-6-4-5-7-26(25)33-27)20-10-12-21(13-11-20)29(31)32-3/h4-7,10-13,16-19H,8-9,14-15H2,1-3H3. The Morgan fingerprint density at radius 2 is 1.58 bits per heavy atom. The van der Waals surface area contributed by atoms with Crippen LogP contribution in [-0.4, -0.2) is 18.8 Å². The summed E-state index contributed by atoms with van der Waals surface area (Å²) in [6, 6.07) is 20.8. The van der Waals surface area contributed by atoms with Crippen molar-refractivity contribution in [3.05, 3.63) is 88.5 Å². The van der Waals surface area contributed by atoms with Crippen molar-refractivity contribution in [1.29, 1.82) is 0 Å². The summed E-state index contributed by atoms with van der Waals surface area (Å²) in [6.07, 6.45) is 4.83. The first kappa shape index (κ1) is 22.0. The highest BCUT2D eigenvalue weighted by Crippen LogP contribution is 2.43. The quantitative estimate of drug-likeness (QED) is 0.299. The van der Waals surface area contributed by atoms with E-state index in [1.54, 1.807) is 0 Å². The summed E-state index contributed by atoms with van der Waals surface area (Å²) in [7, 11) is 1.41. The Morgan fingerprint density at radius 3 is 2.27 bits per heavy atom. The Labute approximate surface area is 200 Å².